The summed E-state index contributed by atoms with van der Waals surface area (Å²) in [6.07, 6.45) is 5.17. The van der Waals surface area contributed by atoms with Gasteiger partial charge in [0.15, 0.2) is 0 Å². The van der Waals surface area contributed by atoms with Crippen molar-refractivity contribution in [3.8, 4) is 11.5 Å². The molecule has 132 valence electrons. The van der Waals surface area contributed by atoms with Crippen LogP contribution in [0.5, 0.6) is 11.5 Å². The summed E-state index contributed by atoms with van der Waals surface area (Å²) in [5.74, 6) is 1.61. The van der Waals surface area contributed by atoms with Crippen molar-refractivity contribution in [2.45, 2.75) is 19.8 Å². The predicted octanol–water partition coefficient (Wildman–Crippen LogP) is 3.86. The van der Waals surface area contributed by atoms with E-state index in [2.05, 4.69) is 17.4 Å². The minimum Gasteiger partial charge on any atom is -0.497 e. The maximum Gasteiger partial charge on any atom is 0.243 e. The van der Waals surface area contributed by atoms with Crippen LogP contribution in [0.25, 0.3) is 6.08 Å². The van der Waals surface area contributed by atoms with Gasteiger partial charge in [0.2, 0.25) is 5.91 Å². The van der Waals surface area contributed by atoms with Crippen LogP contribution in [-0.2, 0) is 11.2 Å². The van der Waals surface area contributed by atoms with Crippen LogP contribution in [0.15, 0.2) is 54.6 Å². The zero-order valence-electron chi connectivity index (χ0n) is 14.8. The molecule has 1 amide bonds. The van der Waals surface area contributed by atoms with Gasteiger partial charge < -0.3 is 14.8 Å². The summed E-state index contributed by atoms with van der Waals surface area (Å²) < 4.78 is 10.5. The fourth-order valence-electron chi connectivity index (χ4n) is 2.37. The summed E-state index contributed by atoms with van der Waals surface area (Å²) in [5.41, 5.74) is 2.21. The maximum atomic E-state index is 11.8. The number of benzene rings is 2. The average molecular weight is 339 g/mol. The number of carbonyl (C=O) groups is 1. The summed E-state index contributed by atoms with van der Waals surface area (Å²) in [6.45, 7) is 3.30. The lowest BCUT2D eigenvalue weighted by molar-refractivity contribution is -0.116. The smallest absolute Gasteiger partial charge is 0.243 e. The Hall–Kier alpha value is -2.75. The van der Waals surface area contributed by atoms with Gasteiger partial charge in [-0.05, 0) is 61.2 Å². The minimum atomic E-state index is -0.0810. The quantitative estimate of drug-likeness (QED) is 0.557. The molecule has 2 rings (SSSR count). The molecular formula is C21H25NO3. The molecule has 1 N–H and O–H groups in total. The van der Waals surface area contributed by atoms with Gasteiger partial charge in [0.25, 0.3) is 0 Å². The number of ether oxygens (including phenoxy) is 2. The van der Waals surface area contributed by atoms with Crippen LogP contribution in [0.2, 0.25) is 0 Å². The highest BCUT2D eigenvalue weighted by molar-refractivity contribution is 5.91. The molecular weight excluding hydrogens is 314 g/mol. The third-order valence-electron chi connectivity index (χ3n) is 3.72. The van der Waals surface area contributed by atoms with Crippen LogP contribution >= 0.6 is 0 Å². The average Bonchev–Trinajstić information content (AvgIpc) is 2.65. The van der Waals surface area contributed by atoms with Crippen molar-refractivity contribution in [3.05, 3.63) is 65.7 Å². The Bertz CT molecular complexity index is 675. The van der Waals surface area contributed by atoms with Crippen LogP contribution in [0, 0.1) is 0 Å². The monoisotopic (exact) mass is 339 g/mol. The van der Waals surface area contributed by atoms with Gasteiger partial charge in [-0.15, -0.1) is 0 Å². The van der Waals surface area contributed by atoms with E-state index < -0.39 is 0 Å². The Labute approximate surface area is 149 Å². The Morgan fingerprint density at radius 1 is 1.04 bits per heavy atom. The fourth-order valence-corrected chi connectivity index (χ4v) is 2.37. The second kappa shape index (κ2) is 10.2. The number of rotatable bonds is 9. The van der Waals surface area contributed by atoms with Crippen molar-refractivity contribution in [1.29, 1.82) is 0 Å². The van der Waals surface area contributed by atoms with Crippen molar-refractivity contribution in [3.63, 3.8) is 0 Å². The molecule has 0 aromatic heterocycles. The lowest BCUT2D eigenvalue weighted by atomic mass is 10.1. The SMILES string of the molecule is CCOc1ccc(CCCNC(=O)/C=C/c2ccc(OC)cc2)cc1. The van der Waals surface area contributed by atoms with E-state index in [4.69, 9.17) is 9.47 Å². The zero-order valence-corrected chi connectivity index (χ0v) is 14.8. The van der Waals surface area contributed by atoms with Crippen molar-refractivity contribution in [2.75, 3.05) is 20.3 Å². The standard InChI is InChI=1S/C21H25NO3/c1-3-25-20-13-8-17(9-14-20)5-4-16-22-21(23)15-10-18-6-11-19(24-2)12-7-18/h6-15H,3-5,16H2,1-2H3,(H,22,23)/b15-10+. The molecule has 4 heteroatoms. The molecule has 0 unspecified atom stereocenters. The summed E-state index contributed by atoms with van der Waals surface area (Å²) >= 11 is 0. The largest absolute Gasteiger partial charge is 0.497 e. The van der Waals surface area contributed by atoms with Crippen LogP contribution in [0.3, 0.4) is 0 Å². The van der Waals surface area contributed by atoms with Gasteiger partial charge in [-0.2, -0.15) is 0 Å². The first-order valence-electron chi connectivity index (χ1n) is 8.53. The molecule has 4 nitrogen and oxygen atoms in total. The zero-order chi connectivity index (χ0) is 17.9. The van der Waals surface area contributed by atoms with Gasteiger partial charge in [0, 0.05) is 12.6 Å². The Kier molecular flexibility index (Phi) is 7.57. The second-order valence-corrected chi connectivity index (χ2v) is 5.58. The number of aryl methyl sites for hydroxylation is 1. The predicted molar refractivity (Wildman–Crippen MR) is 101 cm³/mol. The summed E-state index contributed by atoms with van der Waals surface area (Å²) in [5, 5.41) is 2.90. The van der Waals surface area contributed by atoms with Crippen LogP contribution in [-0.4, -0.2) is 26.2 Å². The first kappa shape index (κ1) is 18.6. The lowest BCUT2D eigenvalue weighted by Crippen LogP contribution is -2.22. The second-order valence-electron chi connectivity index (χ2n) is 5.58. The van der Waals surface area contributed by atoms with E-state index in [1.165, 1.54) is 5.56 Å². The molecule has 0 spiro atoms. The molecule has 0 bridgehead atoms. The number of nitrogens with one attached hydrogen (secondary N) is 1. The van der Waals surface area contributed by atoms with Crippen molar-refractivity contribution in [2.24, 2.45) is 0 Å². The van der Waals surface area contributed by atoms with E-state index in [0.717, 1.165) is 29.9 Å². The Balaban J connectivity index is 1.68. The first-order valence-corrected chi connectivity index (χ1v) is 8.53. The molecule has 0 atom stereocenters. The van der Waals surface area contributed by atoms with Crippen LogP contribution in [0.4, 0.5) is 0 Å². The fraction of sp³-hybridized carbons (Fsp3) is 0.286. The summed E-state index contributed by atoms with van der Waals surface area (Å²) in [7, 11) is 1.63. The highest BCUT2D eigenvalue weighted by Crippen LogP contribution is 2.13. The van der Waals surface area contributed by atoms with Crippen molar-refractivity contribution in [1.82, 2.24) is 5.32 Å². The molecule has 0 aliphatic carbocycles. The molecule has 0 fully saturated rings. The Morgan fingerprint density at radius 3 is 2.36 bits per heavy atom. The van der Waals surface area contributed by atoms with Gasteiger partial charge in [-0.3, -0.25) is 4.79 Å². The number of hydrogen-bond acceptors (Lipinski definition) is 3. The third kappa shape index (κ3) is 6.71. The molecule has 0 aliphatic rings. The number of carbonyl (C=O) groups excluding carboxylic acids is 1. The summed E-state index contributed by atoms with van der Waals surface area (Å²) in [6, 6.07) is 15.7. The first-order chi connectivity index (χ1) is 12.2. The minimum absolute atomic E-state index is 0.0810. The van der Waals surface area contributed by atoms with Crippen molar-refractivity contribution >= 4 is 12.0 Å². The van der Waals surface area contributed by atoms with Gasteiger partial charge in [-0.25, -0.2) is 0 Å². The maximum absolute atomic E-state index is 11.8. The summed E-state index contributed by atoms with van der Waals surface area (Å²) in [4.78, 5) is 11.8. The molecule has 0 radical (unpaired) electrons. The number of hydrogen-bond donors (Lipinski definition) is 1. The van der Waals surface area contributed by atoms with E-state index in [1.807, 2.05) is 43.3 Å². The lowest BCUT2D eigenvalue weighted by Gasteiger charge is -2.05. The van der Waals surface area contributed by atoms with E-state index in [9.17, 15) is 4.79 Å². The van der Waals surface area contributed by atoms with E-state index in [1.54, 1.807) is 19.3 Å². The van der Waals surface area contributed by atoms with Crippen LogP contribution < -0.4 is 14.8 Å². The number of amides is 1. The molecule has 2 aromatic carbocycles. The third-order valence-corrected chi connectivity index (χ3v) is 3.72. The van der Waals surface area contributed by atoms with E-state index in [0.29, 0.717) is 13.2 Å². The number of methoxy groups -OCH3 is 1. The van der Waals surface area contributed by atoms with E-state index >= 15 is 0 Å². The van der Waals surface area contributed by atoms with Gasteiger partial charge in [0.05, 0.1) is 13.7 Å². The topological polar surface area (TPSA) is 47.6 Å². The molecule has 0 heterocycles. The molecule has 2 aromatic rings. The highest BCUT2D eigenvalue weighted by Gasteiger charge is 1.98. The van der Waals surface area contributed by atoms with Crippen molar-refractivity contribution < 1.29 is 14.3 Å². The van der Waals surface area contributed by atoms with Gasteiger partial charge in [0.1, 0.15) is 11.5 Å². The normalized spacial score (nSPS) is 10.6. The van der Waals surface area contributed by atoms with Gasteiger partial charge >= 0.3 is 0 Å². The van der Waals surface area contributed by atoms with Gasteiger partial charge in [-0.1, -0.05) is 24.3 Å². The van der Waals surface area contributed by atoms with E-state index in [-0.39, 0.29) is 5.91 Å². The molecule has 0 aliphatic heterocycles. The molecule has 0 saturated heterocycles. The Morgan fingerprint density at radius 2 is 1.72 bits per heavy atom. The van der Waals surface area contributed by atoms with Crippen LogP contribution in [0.1, 0.15) is 24.5 Å². The highest BCUT2D eigenvalue weighted by atomic mass is 16.5. The molecule has 25 heavy (non-hydrogen) atoms. The molecule has 0 saturated carbocycles.